The van der Waals surface area contributed by atoms with Crippen molar-refractivity contribution in [1.82, 2.24) is 5.32 Å². The summed E-state index contributed by atoms with van der Waals surface area (Å²) in [5.74, 6) is -2.17. The highest BCUT2D eigenvalue weighted by atomic mass is 32.2. The Kier molecular flexibility index (Phi) is 4.32. The van der Waals surface area contributed by atoms with Crippen LogP contribution in [0.25, 0.3) is 0 Å². The fourth-order valence-electron chi connectivity index (χ4n) is 2.31. The Morgan fingerprint density at radius 1 is 1.24 bits per heavy atom. The molecule has 0 aromatic heterocycles. The zero-order valence-corrected chi connectivity index (χ0v) is 12.3. The molecule has 6 nitrogen and oxygen atoms in total. The van der Waals surface area contributed by atoms with E-state index in [-0.39, 0.29) is 5.92 Å². The van der Waals surface area contributed by atoms with E-state index in [1.807, 2.05) is 0 Å². The van der Waals surface area contributed by atoms with Gasteiger partial charge in [-0.15, -0.1) is 0 Å². The third kappa shape index (κ3) is 3.81. The number of carboxylic acid groups (broad SMARTS) is 1. The van der Waals surface area contributed by atoms with E-state index < -0.39 is 33.0 Å². The summed E-state index contributed by atoms with van der Waals surface area (Å²) in [7, 11) is -3.56. The van der Waals surface area contributed by atoms with Crippen LogP contribution in [0, 0.1) is 5.92 Å². The number of hydrogen-bond acceptors (Lipinski definition) is 4. The summed E-state index contributed by atoms with van der Waals surface area (Å²) >= 11 is 0. The zero-order chi connectivity index (χ0) is 15.6. The van der Waals surface area contributed by atoms with Crippen molar-refractivity contribution in [2.45, 2.75) is 24.1 Å². The highest BCUT2D eigenvalue weighted by Crippen LogP contribution is 2.36. The van der Waals surface area contributed by atoms with Crippen molar-refractivity contribution in [1.29, 1.82) is 0 Å². The van der Waals surface area contributed by atoms with Gasteiger partial charge in [-0.3, -0.25) is 4.79 Å². The molecule has 2 atom stereocenters. The van der Waals surface area contributed by atoms with Gasteiger partial charge in [0, 0.05) is 6.26 Å². The second-order valence-electron chi connectivity index (χ2n) is 5.28. The number of amides is 1. The van der Waals surface area contributed by atoms with Gasteiger partial charge in [0.05, 0.1) is 0 Å². The Morgan fingerprint density at radius 3 is 2.24 bits per heavy atom. The van der Waals surface area contributed by atoms with E-state index in [0.29, 0.717) is 18.4 Å². The molecule has 2 N–H and O–H groups in total. The third-order valence-corrected chi connectivity index (χ3v) is 4.96. The lowest BCUT2D eigenvalue weighted by Gasteiger charge is -2.19. The van der Waals surface area contributed by atoms with Crippen molar-refractivity contribution in [3.05, 3.63) is 35.9 Å². The molecule has 21 heavy (non-hydrogen) atoms. The van der Waals surface area contributed by atoms with Crippen LogP contribution in [0.5, 0.6) is 0 Å². The van der Waals surface area contributed by atoms with E-state index in [0.717, 1.165) is 6.26 Å². The highest BCUT2D eigenvalue weighted by molar-refractivity contribution is 7.92. The Morgan fingerprint density at radius 2 is 1.81 bits per heavy atom. The fraction of sp³-hybridized carbons (Fsp3) is 0.429. The number of rotatable bonds is 6. The molecule has 7 heteroatoms. The number of carboxylic acids is 1. The SMILES string of the molecule is CS(=O)(=O)C(C(=O)N[C@H](C(=O)O)c1ccccc1)C1CC1. The summed E-state index contributed by atoms with van der Waals surface area (Å²) in [5.41, 5.74) is 0.404. The molecule has 1 saturated carbocycles. The highest BCUT2D eigenvalue weighted by Gasteiger charge is 2.43. The molecule has 114 valence electrons. The maximum absolute atomic E-state index is 12.2. The van der Waals surface area contributed by atoms with E-state index >= 15 is 0 Å². The molecule has 0 bridgehead atoms. The molecule has 1 aliphatic rings. The molecule has 1 aliphatic carbocycles. The topological polar surface area (TPSA) is 101 Å². The van der Waals surface area contributed by atoms with Gasteiger partial charge in [0.1, 0.15) is 5.25 Å². The largest absolute Gasteiger partial charge is 0.479 e. The summed E-state index contributed by atoms with van der Waals surface area (Å²) in [6, 6.07) is 6.95. The Labute approximate surface area is 123 Å². The smallest absolute Gasteiger partial charge is 0.330 e. The maximum Gasteiger partial charge on any atom is 0.330 e. The van der Waals surface area contributed by atoms with Crippen molar-refractivity contribution >= 4 is 21.7 Å². The molecular formula is C14H17NO5S. The third-order valence-electron chi connectivity index (χ3n) is 3.44. The van der Waals surface area contributed by atoms with Crippen LogP contribution in [-0.4, -0.2) is 36.9 Å². The van der Waals surface area contributed by atoms with Crippen LogP contribution in [0.3, 0.4) is 0 Å². The minimum atomic E-state index is -3.56. The van der Waals surface area contributed by atoms with E-state index in [1.165, 1.54) is 0 Å². The maximum atomic E-state index is 12.2. The second-order valence-corrected chi connectivity index (χ2v) is 7.45. The zero-order valence-electron chi connectivity index (χ0n) is 11.5. The molecule has 0 aliphatic heterocycles. The van der Waals surface area contributed by atoms with Crippen LogP contribution in [0.2, 0.25) is 0 Å². The van der Waals surface area contributed by atoms with Gasteiger partial charge in [0.25, 0.3) is 0 Å². The molecule has 2 rings (SSSR count). The normalized spacial score (nSPS) is 17.8. The van der Waals surface area contributed by atoms with Gasteiger partial charge in [-0.2, -0.15) is 0 Å². The van der Waals surface area contributed by atoms with Crippen LogP contribution < -0.4 is 5.32 Å². The van der Waals surface area contributed by atoms with E-state index in [9.17, 15) is 23.1 Å². The van der Waals surface area contributed by atoms with Crippen molar-refractivity contribution in [2.24, 2.45) is 5.92 Å². The Bertz CT molecular complexity index is 637. The van der Waals surface area contributed by atoms with Crippen molar-refractivity contribution in [3.63, 3.8) is 0 Å². The minimum absolute atomic E-state index is 0.204. The van der Waals surface area contributed by atoms with E-state index in [4.69, 9.17) is 0 Å². The molecule has 1 amide bonds. The minimum Gasteiger partial charge on any atom is -0.479 e. The lowest BCUT2D eigenvalue weighted by molar-refractivity contribution is -0.142. The molecule has 0 radical (unpaired) electrons. The van der Waals surface area contributed by atoms with Gasteiger partial charge in [-0.05, 0) is 24.3 Å². The number of aliphatic carboxylic acids is 1. The van der Waals surface area contributed by atoms with E-state index in [1.54, 1.807) is 30.3 Å². The molecule has 1 aromatic rings. The summed E-state index contributed by atoms with van der Waals surface area (Å²) < 4.78 is 23.5. The van der Waals surface area contributed by atoms with Gasteiger partial charge in [-0.25, -0.2) is 13.2 Å². The van der Waals surface area contributed by atoms with Gasteiger partial charge < -0.3 is 10.4 Å². The molecule has 0 spiro atoms. The number of hydrogen-bond donors (Lipinski definition) is 2. The molecule has 1 aromatic carbocycles. The van der Waals surface area contributed by atoms with Crippen LogP contribution in [0.4, 0.5) is 0 Å². The number of sulfone groups is 1. The summed E-state index contributed by atoms with van der Waals surface area (Å²) in [6.07, 6.45) is 2.36. The Balaban J connectivity index is 2.21. The van der Waals surface area contributed by atoms with Gasteiger partial charge in [0.2, 0.25) is 5.91 Å². The Hall–Kier alpha value is -1.89. The first-order valence-corrected chi connectivity index (χ1v) is 8.53. The van der Waals surface area contributed by atoms with Gasteiger partial charge >= 0.3 is 5.97 Å². The first-order chi connectivity index (χ1) is 9.80. The number of benzene rings is 1. The van der Waals surface area contributed by atoms with Crippen molar-refractivity contribution in [2.75, 3.05) is 6.26 Å². The number of carbonyl (C=O) groups is 2. The van der Waals surface area contributed by atoms with Crippen molar-refractivity contribution in [3.8, 4) is 0 Å². The lowest BCUT2D eigenvalue weighted by atomic mass is 10.1. The summed E-state index contributed by atoms with van der Waals surface area (Å²) in [4.78, 5) is 23.5. The van der Waals surface area contributed by atoms with Gasteiger partial charge in [0.15, 0.2) is 15.9 Å². The average molecular weight is 311 g/mol. The molecular weight excluding hydrogens is 294 g/mol. The summed E-state index contributed by atoms with van der Waals surface area (Å²) in [5, 5.41) is 10.4. The molecule has 0 heterocycles. The number of carbonyl (C=O) groups excluding carboxylic acids is 1. The van der Waals surface area contributed by atoms with Crippen LogP contribution in [-0.2, 0) is 19.4 Å². The first-order valence-electron chi connectivity index (χ1n) is 6.57. The first kappa shape index (κ1) is 15.5. The molecule has 0 saturated heterocycles. The van der Waals surface area contributed by atoms with Gasteiger partial charge in [-0.1, -0.05) is 30.3 Å². The van der Waals surface area contributed by atoms with Crippen LogP contribution in [0.1, 0.15) is 24.4 Å². The predicted molar refractivity (Wildman–Crippen MR) is 76.3 cm³/mol. The molecule has 1 unspecified atom stereocenters. The quantitative estimate of drug-likeness (QED) is 0.807. The lowest BCUT2D eigenvalue weighted by Crippen LogP contribution is -2.44. The fourth-order valence-corrected chi connectivity index (χ4v) is 3.74. The second kappa shape index (κ2) is 5.85. The number of nitrogens with one attached hydrogen (secondary N) is 1. The van der Waals surface area contributed by atoms with Crippen LogP contribution >= 0.6 is 0 Å². The monoisotopic (exact) mass is 311 g/mol. The van der Waals surface area contributed by atoms with Crippen molar-refractivity contribution < 1.29 is 23.1 Å². The average Bonchev–Trinajstić information content (AvgIpc) is 3.19. The summed E-state index contributed by atoms with van der Waals surface area (Å²) in [6.45, 7) is 0. The standard InChI is InChI=1S/C14H17NO5S/c1-21(19,20)12(10-7-8-10)13(16)15-11(14(17)18)9-5-3-2-4-6-9/h2-6,10-12H,7-8H2,1H3,(H,15,16)(H,17,18)/t11-,12?/m0/s1. The predicted octanol–water partition coefficient (Wildman–Crippen LogP) is 0.752. The van der Waals surface area contributed by atoms with E-state index in [2.05, 4.69) is 5.32 Å². The van der Waals surface area contributed by atoms with Crippen LogP contribution in [0.15, 0.2) is 30.3 Å². The molecule has 1 fully saturated rings.